The van der Waals surface area contributed by atoms with Gasteiger partial charge in [0.15, 0.2) is 11.5 Å². The van der Waals surface area contributed by atoms with Gasteiger partial charge in [-0.25, -0.2) is 9.97 Å². The summed E-state index contributed by atoms with van der Waals surface area (Å²) in [5.74, 6) is 1.38. The number of hydrogen-bond acceptors (Lipinski definition) is 9. The molecule has 3 heterocycles. The van der Waals surface area contributed by atoms with Gasteiger partial charge in [-0.3, -0.25) is 9.69 Å². The maximum atomic E-state index is 11.0. The summed E-state index contributed by atoms with van der Waals surface area (Å²) in [6.45, 7) is 11.6. The van der Waals surface area contributed by atoms with Crippen LogP contribution in [0.5, 0.6) is 11.5 Å². The number of carbonyl (C=O) groups is 1. The summed E-state index contributed by atoms with van der Waals surface area (Å²) in [6, 6.07) is 4.56. The zero-order chi connectivity index (χ0) is 29.5. The van der Waals surface area contributed by atoms with E-state index in [2.05, 4.69) is 52.3 Å². The third-order valence-electron chi connectivity index (χ3n) is 8.59. The van der Waals surface area contributed by atoms with Gasteiger partial charge in [0.05, 0.1) is 37.1 Å². The van der Waals surface area contributed by atoms with E-state index in [1.165, 1.54) is 25.8 Å². The van der Waals surface area contributed by atoms with Crippen molar-refractivity contribution in [1.29, 1.82) is 0 Å². The molecule has 10 heteroatoms. The van der Waals surface area contributed by atoms with Gasteiger partial charge >= 0.3 is 0 Å². The third-order valence-corrected chi connectivity index (χ3v) is 8.59. The van der Waals surface area contributed by atoms with Crippen LogP contribution in [0, 0.1) is 0 Å². The number of benzene rings is 1. The van der Waals surface area contributed by atoms with E-state index in [0.717, 1.165) is 48.3 Å². The minimum atomic E-state index is -0.675. The molecule has 0 spiro atoms. The van der Waals surface area contributed by atoms with Crippen LogP contribution in [0.1, 0.15) is 64.6 Å². The lowest BCUT2D eigenvalue weighted by Gasteiger charge is -2.49. The Morgan fingerprint density at radius 2 is 2.10 bits per heavy atom. The number of fused-ring (bicyclic) bond motifs is 1. The molecule has 42 heavy (non-hydrogen) atoms. The van der Waals surface area contributed by atoms with Crippen molar-refractivity contribution in [3.8, 4) is 11.5 Å². The van der Waals surface area contributed by atoms with Crippen molar-refractivity contribution in [2.24, 2.45) is 0 Å². The highest BCUT2D eigenvalue weighted by atomic mass is 16.5. The summed E-state index contributed by atoms with van der Waals surface area (Å²) in [6.07, 6.45) is 13.8. The molecule has 5 rings (SSSR count). The van der Waals surface area contributed by atoms with Crippen molar-refractivity contribution in [3.63, 3.8) is 0 Å². The van der Waals surface area contributed by atoms with Crippen LogP contribution in [0.3, 0.4) is 0 Å². The number of methoxy groups -OCH3 is 1. The Labute approximate surface area is 249 Å². The molecule has 0 radical (unpaired) electrons. The molecule has 1 aromatic carbocycles. The molecule has 2 aliphatic heterocycles. The van der Waals surface area contributed by atoms with Gasteiger partial charge in [0, 0.05) is 55.8 Å². The monoisotopic (exact) mass is 578 g/mol. The van der Waals surface area contributed by atoms with E-state index in [9.17, 15) is 4.79 Å². The van der Waals surface area contributed by atoms with Gasteiger partial charge in [0.1, 0.15) is 12.1 Å². The molecule has 0 saturated carbocycles. The highest BCUT2D eigenvalue weighted by Gasteiger charge is 2.43. The highest BCUT2D eigenvalue weighted by Crippen LogP contribution is 2.40. The number of piperidine rings is 1. The molecular formula is C32H46N6O4. The maximum Gasteiger partial charge on any atom is 0.211 e. The number of allylic oxidation sites excluding steroid dienone is 1. The Hall–Kier alpha value is -3.05. The summed E-state index contributed by atoms with van der Waals surface area (Å²) >= 11 is 0. The first-order valence-electron chi connectivity index (χ1n) is 15.4. The Morgan fingerprint density at radius 1 is 1.21 bits per heavy atom. The van der Waals surface area contributed by atoms with E-state index < -0.39 is 5.72 Å². The smallest absolute Gasteiger partial charge is 0.211 e. The van der Waals surface area contributed by atoms with Gasteiger partial charge in [0.2, 0.25) is 6.41 Å². The Morgan fingerprint density at radius 3 is 2.83 bits per heavy atom. The SMILES string of the molecule is COc1cc2c(C3CNCCN3C3(OC(C)C)C=CC(NC=O)=CC3)ncnc2cc1OCCCN1CCCCC1C. The quantitative estimate of drug-likeness (QED) is 0.287. The molecule has 1 aromatic heterocycles. The van der Waals surface area contributed by atoms with E-state index in [-0.39, 0.29) is 12.1 Å². The Bertz CT molecular complexity index is 1280. The number of aromatic nitrogens is 2. The average Bonchev–Trinajstić information content (AvgIpc) is 3.00. The molecule has 2 fully saturated rings. The van der Waals surface area contributed by atoms with Crippen LogP contribution in [0.25, 0.3) is 10.9 Å². The van der Waals surface area contributed by atoms with E-state index in [1.807, 2.05) is 24.3 Å². The zero-order valence-electron chi connectivity index (χ0n) is 25.5. The van der Waals surface area contributed by atoms with Crippen molar-refractivity contribution in [3.05, 3.63) is 48.1 Å². The summed E-state index contributed by atoms with van der Waals surface area (Å²) in [4.78, 5) is 25.4. The Balaban J connectivity index is 1.39. The van der Waals surface area contributed by atoms with Gasteiger partial charge in [-0.2, -0.15) is 0 Å². The minimum absolute atomic E-state index is 0.000708. The molecular weight excluding hydrogens is 532 g/mol. The number of amides is 1. The van der Waals surface area contributed by atoms with E-state index in [4.69, 9.17) is 19.2 Å². The van der Waals surface area contributed by atoms with Crippen LogP contribution in [-0.2, 0) is 9.53 Å². The molecule has 10 nitrogen and oxygen atoms in total. The van der Waals surface area contributed by atoms with E-state index in [1.54, 1.807) is 13.4 Å². The fourth-order valence-corrected chi connectivity index (χ4v) is 6.53. The molecule has 2 aromatic rings. The molecule has 3 aliphatic rings. The lowest BCUT2D eigenvalue weighted by atomic mass is 9.94. The first-order chi connectivity index (χ1) is 20.4. The molecule has 1 amide bonds. The van der Waals surface area contributed by atoms with Crippen LogP contribution in [0.4, 0.5) is 0 Å². The second-order valence-electron chi connectivity index (χ2n) is 11.7. The summed E-state index contributed by atoms with van der Waals surface area (Å²) in [5, 5.41) is 7.25. The number of nitrogens with zero attached hydrogens (tertiary/aromatic N) is 4. The second kappa shape index (κ2) is 13.9. The maximum absolute atomic E-state index is 11.0. The van der Waals surface area contributed by atoms with Crippen LogP contribution in [0.2, 0.25) is 0 Å². The standard InChI is InChI=1S/C32H46N6O4/c1-23(2)42-32(11-9-25(10-12-32)36-22-39)38-16-13-33-20-28(38)31-26-18-29(40-4)30(19-27(26)34-21-35-31)41-17-7-15-37-14-6-5-8-24(37)3/h9-11,18-19,21-24,28,33H,5-8,12-17,20H2,1-4H3,(H,36,39). The van der Waals surface area contributed by atoms with Crippen LogP contribution < -0.4 is 20.1 Å². The van der Waals surface area contributed by atoms with Crippen LogP contribution in [-0.4, -0.2) is 90.5 Å². The van der Waals surface area contributed by atoms with E-state index in [0.29, 0.717) is 43.5 Å². The van der Waals surface area contributed by atoms with Crippen molar-refractivity contribution >= 4 is 17.3 Å². The van der Waals surface area contributed by atoms with Crippen molar-refractivity contribution in [2.75, 3.05) is 46.4 Å². The highest BCUT2D eigenvalue weighted by molar-refractivity contribution is 5.85. The predicted octanol–water partition coefficient (Wildman–Crippen LogP) is 3.94. The Kier molecular flexibility index (Phi) is 10.1. The number of hydrogen-bond donors (Lipinski definition) is 2. The van der Waals surface area contributed by atoms with Crippen LogP contribution in [0.15, 0.2) is 42.4 Å². The van der Waals surface area contributed by atoms with Gasteiger partial charge in [-0.15, -0.1) is 0 Å². The van der Waals surface area contributed by atoms with Gasteiger partial charge in [-0.05, 0) is 64.8 Å². The normalized spacial score (nSPS) is 25.4. The van der Waals surface area contributed by atoms with Crippen molar-refractivity contribution in [2.45, 2.75) is 76.8 Å². The molecule has 2 N–H and O–H groups in total. The van der Waals surface area contributed by atoms with Crippen molar-refractivity contribution in [1.82, 2.24) is 30.4 Å². The van der Waals surface area contributed by atoms with Gasteiger partial charge in [-0.1, -0.05) is 12.5 Å². The molecule has 2 saturated heterocycles. The van der Waals surface area contributed by atoms with Crippen molar-refractivity contribution < 1.29 is 19.0 Å². The zero-order valence-corrected chi connectivity index (χ0v) is 25.5. The molecule has 3 atom stereocenters. The molecule has 3 unspecified atom stereocenters. The largest absolute Gasteiger partial charge is 0.493 e. The number of rotatable bonds is 12. The topological polar surface area (TPSA) is 101 Å². The number of likely N-dealkylation sites (tertiary alicyclic amines) is 1. The predicted molar refractivity (Wildman–Crippen MR) is 163 cm³/mol. The lowest BCUT2D eigenvalue weighted by molar-refractivity contribution is -0.166. The fourth-order valence-electron chi connectivity index (χ4n) is 6.53. The summed E-state index contributed by atoms with van der Waals surface area (Å²) in [7, 11) is 1.68. The van der Waals surface area contributed by atoms with Gasteiger partial charge < -0.3 is 29.7 Å². The number of piperazine rings is 1. The molecule has 1 aliphatic carbocycles. The minimum Gasteiger partial charge on any atom is -0.493 e. The number of nitrogens with one attached hydrogen (secondary N) is 2. The van der Waals surface area contributed by atoms with E-state index >= 15 is 0 Å². The first kappa shape index (κ1) is 30.4. The lowest BCUT2D eigenvalue weighted by Crippen LogP contribution is -2.59. The summed E-state index contributed by atoms with van der Waals surface area (Å²) in [5.41, 5.74) is 1.83. The third kappa shape index (κ3) is 6.78. The molecule has 0 bridgehead atoms. The number of ether oxygens (including phenoxy) is 3. The first-order valence-corrected chi connectivity index (χ1v) is 15.4. The fraction of sp³-hybridized carbons (Fsp3) is 0.594. The van der Waals surface area contributed by atoms with Gasteiger partial charge in [0.25, 0.3) is 0 Å². The summed E-state index contributed by atoms with van der Waals surface area (Å²) < 4.78 is 18.7. The van der Waals surface area contributed by atoms with Crippen LogP contribution >= 0.6 is 0 Å². The number of carbonyl (C=O) groups excluding carboxylic acids is 1. The second-order valence-corrected chi connectivity index (χ2v) is 11.7. The molecule has 228 valence electrons. The average molecular weight is 579 g/mol.